The number of nitrogens with zero attached hydrogens (tertiary/aromatic N) is 3. The molecular weight excluding hydrogens is 354 g/mol. The maximum Gasteiger partial charge on any atom is 0.232 e. The first kappa shape index (κ1) is 20.7. The van der Waals surface area contributed by atoms with E-state index in [1.807, 2.05) is 0 Å². The lowest BCUT2D eigenvalue weighted by molar-refractivity contribution is 0.0853. The van der Waals surface area contributed by atoms with Crippen molar-refractivity contribution < 1.29 is 18.3 Å². The number of hydrogen-bond acceptors (Lipinski definition) is 6. The predicted molar refractivity (Wildman–Crippen MR) is 104 cm³/mol. The molecule has 1 heterocycles. The molecule has 0 aliphatic carbocycles. The van der Waals surface area contributed by atoms with Crippen molar-refractivity contribution in [2.45, 2.75) is 6.10 Å². The van der Waals surface area contributed by atoms with Crippen LogP contribution in [-0.2, 0) is 10.0 Å². The quantitative estimate of drug-likeness (QED) is 0.631. The maximum atomic E-state index is 12.3. The zero-order valence-corrected chi connectivity index (χ0v) is 16.4. The van der Waals surface area contributed by atoms with E-state index in [9.17, 15) is 13.5 Å². The molecule has 0 aromatic heterocycles. The molecule has 0 amide bonds. The highest BCUT2D eigenvalue weighted by Gasteiger charge is 2.25. The minimum absolute atomic E-state index is 0.0143. The van der Waals surface area contributed by atoms with Crippen LogP contribution in [0.3, 0.4) is 0 Å². The number of aliphatic hydroxyl groups excluding tert-OH is 1. The minimum atomic E-state index is -3.57. The van der Waals surface area contributed by atoms with Crippen molar-refractivity contribution in [3.63, 3.8) is 0 Å². The number of ether oxygens (including phenoxy) is 1. The van der Waals surface area contributed by atoms with Gasteiger partial charge in [-0.25, -0.2) is 8.42 Å². The van der Waals surface area contributed by atoms with Gasteiger partial charge in [-0.3, -0.25) is 9.21 Å². The van der Waals surface area contributed by atoms with E-state index in [1.165, 1.54) is 4.31 Å². The van der Waals surface area contributed by atoms with Crippen LogP contribution in [0, 0.1) is 0 Å². The summed E-state index contributed by atoms with van der Waals surface area (Å²) in [6.45, 7) is 7.94. The molecule has 1 N–H and O–H groups in total. The average Bonchev–Trinajstić information content (AvgIpc) is 2.59. The first-order valence-corrected chi connectivity index (χ1v) is 10.6. The van der Waals surface area contributed by atoms with Crippen LogP contribution in [0.25, 0.3) is 0 Å². The third kappa shape index (κ3) is 5.98. The highest BCUT2D eigenvalue weighted by atomic mass is 32.2. The summed E-state index contributed by atoms with van der Waals surface area (Å²) in [5.41, 5.74) is 0.425. The molecule has 2 rings (SSSR count). The van der Waals surface area contributed by atoms with E-state index in [2.05, 4.69) is 23.4 Å². The molecule has 1 aliphatic rings. The van der Waals surface area contributed by atoms with E-state index in [-0.39, 0.29) is 13.2 Å². The highest BCUT2D eigenvalue weighted by Crippen LogP contribution is 2.30. The summed E-state index contributed by atoms with van der Waals surface area (Å²) >= 11 is 0. The van der Waals surface area contributed by atoms with Crippen molar-refractivity contribution in [1.82, 2.24) is 9.80 Å². The molecule has 0 bridgehead atoms. The molecule has 26 heavy (non-hydrogen) atoms. The van der Waals surface area contributed by atoms with Gasteiger partial charge in [-0.05, 0) is 19.2 Å². The Kier molecular flexibility index (Phi) is 7.45. The van der Waals surface area contributed by atoms with Gasteiger partial charge in [0.15, 0.2) is 0 Å². The van der Waals surface area contributed by atoms with Crippen LogP contribution in [0.4, 0.5) is 5.69 Å². The number of rotatable bonds is 9. The van der Waals surface area contributed by atoms with Crippen LogP contribution >= 0.6 is 0 Å². The molecule has 1 fully saturated rings. The van der Waals surface area contributed by atoms with E-state index in [4.69, 9.17) is 4.74 Å². The second kappa shape index (κ2) is 9.36. The second-order valence-corrected chi connectivity index (χ2v) is 8.53. The Labute approximate surface area is 156 Å². The van der Waals surface area contributed by atoms with Gasteiger partial charge in [0.25, 0.3) is 0 Å². The van der Waals surface area contributed by atoms with Crippen molar-refractivity contribution in [1.29, 1.82) is 0 Å². The van der Waals surface area contributed by atoms with Gasteiger partial charge in [-0.2, -0.15) is 0 Å². The van der Waals surface area contributed by atoms with Gasteiger partial charge in [0.2, 0.25) is 10.0 Å². The van der Waals surface area contributed by atoms with Gasteiger partial charge in [0.1, 0.15) is 12.4 Å². The zero-order valence-electron chi connectivity index (χ0n) is 15.5. The van der Waals surface area contributed by atoms with E-state index in [1.54, 1.807) is 30.3 Å². The van der Waals surface area contributed by atoms with Crippen LogP contribution in [0.1, 0.15) is 0 Å². The number of likely N-dealkylation sites (N-methyl/N-ethyl adjacent to an activating group) is 1. The number of aliphatic hydroxyl groups is 1. The molecule has 1 aromatic carbocycles. The summed E-state index contributed by atoms with van der Waals surface area (Å²) in [5.74, 6) is 0.449. The lowest BCUT2D eigenvalue weighted by Crippen LogP contribution is -2.49. The summed E-state index contributed by atoms with van der Waals surface area (Å²) in [4.78, 5) is 4.39. The summed E-state index contributed by atoms with van der Waals surface area (Å²) in [6, 6.07) is 6.93. The van der Waals surface area contributed by atoms with E-state index >= 15 is 0 Å². The van der Waals surface area contributed by atoms with E-state index in [0.29, 0.717) is 18.0 Å². The standard InChI is InChI=1S/C18H29N3O4S/c1-4-13-25-18-8-6-5-7-17(18)21(26(3,23)24)15-16(22)14-20-11-9-19(2)10-12-20/h4-8,16,22H,1,9-15H2,2-3H3. The van der Waals surface area contributed by atoms with Crippen molar-refractivity contribution in [2.24, 2.45) is 0 Å². The van der Waals surface area contributed by atoms with Gasteiger partial charge in [0.05, 0.1) is 24.6 Å². The number of anilines is 1. The van der Waals surface area contributed by atoms with Crippen LogP contribution in [0.15, 0.2) is 36.9 Å². The van der Waals surface area contributed by atoms with Crippen LogP contribution < -0.4 is 9.04 Å². The molecule has 1 aromatic rings. The number of piperazine rings is 1. The van der Waals surface area contributed by atoms with Crippen molar-refractivity contribution >= 4 is 15.7 Å². The molecule has 0 saturated carbocycles. The molecule has 8 heteroatoms. The van der Waals surface area contributed by atoms with Gasteiger partial charge in [0, 0.05) is 32.7 Å². The Morgan fingerprint density at radius 3 is 2.58 bits per heavy atom. The maximum absolute atomic E-state index is 12.3. The molecule has 0 radical (unpaired) electrons. The molecular formula is C18H29N3O4S. The topological polar surface area (TPSA) is 73.3 Å². The number of β-amino-alcohol motifs (C(OH)–C–C–N with tert-alkyl or cyclic N) is 1. The Bertz CT molecular complexity index is 687. The lowest BCUT2D eigenvalue weighted by atomic mass is 10.2. The van der Waals surface area contributed by atoms with Crippen LogP contribution in [-0.4, -0.2) is 88.6 Å². The average molecular weight is 384 g/mol. The third-order valence-electron chi connectivity index (χ3n) is 4.33. The first-order chi connectivity index (χ1) is 12.3. The highest BCUT2D eigenvalue weighted by molar-refractivity contribution is 7.92. The van der Waals surface area contributed by atoms with Crippen molar-refractivity contribution in [3.8, 4) is 5.75 Å². The monoisotopic (exact) mass is 383 g/mol. The fraction of sp³-hybridized carbons (Fsp3) is 0.556. The third-order valence-corrected chi connectivity index (χ3v) is 5.48. The Morgan fingerprint density at radius 2 is 1.96 bits per heavy atom. The minimum Gasteiger partial charge on any atom is -0.487 e. The van der Waals surface area contributed by atoms with Crippen LogP contribution in [0.5, 0.6) is 5.75 Å². The summed E-state index contributed by atoms with van der Waals surface area (Å²) in [6.07, 6.45) is 1.95. The Hall–Kier alpha value is -1.61. The Balaban J connectivity index is 2.12. The smallest absolute Gasteiger partial charge is 0.232 e. The largest absolute Gasteiger partial charge is 0.487 e. The fourth-order valence-corrected chi connectivity index (χ4v) is 3.87. The molecule has 0 spiro atoms. The number of sulfonamides is 1. The van der Waals surface area contributed by atoms with E-state index < -0.39 is 16.1 Å². The number of hydrogen-bond donors (Lipinski definition) is 1. The van der Waals surface area contributed by atoms with Gasteiger partial charge < -0.3 is 14.7 Å². The molecule has 1 saturated heterocycles. The molecule has 1 aliphatic heterocycles. The van der Waals surface area contributed by atoms with Crippen LogP contribution in [0.2, 0.25) is 0 Å². The molecule has 1 unspecified atom stereocenters. The van der Waals surface area contributed by atoms with Crippen molar-refractivity contribution in [3.05, 3.63) is 36.9 Å². The Morgan fingerprint density at radius 1 is 1.31 bits per heavy atom. The summed E-state index contributed by atoms with van der Waals surface area (Å²) < 4.78 is 31.5. The zero-order chi connectivity index (χ0) is 19.2. The fourth-order valence-electron chi connectivity index (χ4n) is 2.92. The predicted octanol–water partition coefficient (Wildman–Crippen LogP) is 0.626. The molecule has 1 atom stereocenters. The van der Waals surface area contributed by atoms with Gasteiger partial charge in [-0.15, -0.1) is 0 Å². The number of para-hydroxylation sites is 2. The second-order valence-electron chi connectivity index (χ2n) is 6.62. The SMILES string of the molecule is C=CCOc1ccccc1N(CC(O)CN1CCN(C)CC1)S(C)(=O)=O. The lowest BCUT2D eigenvalue weighted by Gasteiger charge is -2.34. The summed E-state index contributed by atoms with van der Waals surface area (Å²) in [5, 5.41) is 10.5. The number of benzene rings is 1. The molecule has 146 valence electrons. The first-order valence-electron chi connectivity index (χ1n) is 8.70. The van der Waals surface area contributed by atoms with Crippen molar-refractivity contribution in [2.75, 3.05) is 63.5 Å². The molecule has 7 nitrogen and oxygen atoms in total. The summed E-state index contributed by atoms with van der Waals surface area (Å²) in [7, 11) is -1.50. The van der Waals surface area contributed by atoms with Gasteiger partial charge in [-0.1, -0.05) is 24.8 Å². The normalized spacial score (nSPS) is 17.7. The van der Waals surface area contributed by atoms with E-state index in [0.717, 1.165) is 32.4 Å². The van der Waals surface area contributed by atoms with Gasteiger partial charge >= 0.3 is 0 Å².